The normalized spacial score (nSPS) is 12.6. The smallest absolute Gasteiger partial charge is 0.0593 e. The predicted octanol–water partition coefficient (Wildman–Crippen LogP) is 13.3. The van der Waals surface area contributed by atoms with Gasteiger partial charge in [-0.3, -0.25) is 0 Å². The molecule has 0 saturated carbocycles. The molecular formula is C44H84N2O. The second kappa shape index (κ2) is 41.0. The molecule has 0 aromatic heterocycles. The number of rotatable bonds is 38. The van der Waals surface area contributed by atoms with Crippen molar-refractivity contribution in [1.29, 1.82) is 0 Å². The van der Waals surface area contributed by atoms with Crippen molar-refractivity contribution in [2.75, 3.05) is 53.5 Å². The van der Waals surface area contributed by atoms with Crippen LogP contribution in [-0.2, 0) is 4.74 Å². The molecule has 0 bridgehead atoms. The summed E-state index contributed by atoms with van der Waals surface area (Å²) in [5, 5.41) is 0. The van der Waals surface area contributed by atoms with E-state index in [9.17, 15) is 0 Å². The molecule has 0 amide bonds. The van der Waals surface area contributed by atoms with E-state index >= 15 is 0 Å². The van der Waals surface area contributed by atoms with Gasteiger partial charge in [0, 0.05) is 13.2 Å². The fourth-order valence-corrected chi connectivity index (χ4v) is 5.91. The Bertz CT molecular complexity index is 647. The lowest BCUT2D eigenvalue weighted by atomic mass is 10.1. The van der Waals surface area contributed by atoms with Crippen molar-refractivity contribution in [3.8, 4) is 0 Å². The molecule has 0 spiro atoms. The summed E-state index contributed by atoms with van der Waals surface area (Å²) in [6, 6.07) is 0. The molecule has 0 atom stereocenters. The van der Waals surface area contributed by atoms with Gasteiger partial charge in [0.1, 0.15) is 0 Å². The van der Waals surface area contributed by atoms with Crippen LogP contribution >= 0.6 is 0 Å². The average molecular weight is 657 g/mol. The van der Waals surface area contributed by atoms with Crippen LogP contribution in [0.5, 0.6) is 0 Å². The largest absolute Gasteiger partial charge is 0.380 e. The lowest BCUT2D eigenvalue weighted by molar-refractivity contribution is 0.0983. The third-order valence-electron chi connectivity index (χ3n) is 9.05. The number of hydrogen-bond donors (Lipinski definition) is 0. The van der Waals surface area contributed by atoms with Crippen LogP contribution in [-0.4, -0.2) is 63.3 Å². The van der Waals surface area contributed by atoms with Crippen LogP contribution in [0, 0.1) is 0 Å². The highest BCUT2D eigenvalue weighted by molar-refractivity contribution is 4.93. The second-order valence-electron chi connectivity index (χ2n) is 14.1. The highest BCUT2D eigenvalue weighted by Gasteiger charge is 2.05. The molecule has 276 valence electrons. The zero-order valence-electron chi connectivity index (χ0n) is 32.5. The predicted molar refractivity (Wildman–Crippen MR) is 214 cm³/mol. The van der Waals surface area contributed by atoms with E-state index in [4.69, 9.17) is 4.74 Å². The molecule has 0 fully saturated rings. The van der Waals surface area contributed by atoms with Gasteiger partial charge in [-0.25, -0.2) is 0 Å². The van der Waals surface area contributed by atoms with Gasteiger partial charge in [-0.05, 0) is 124 Å². The Kier molecular flexibility index (Phi) is 40.0. The number of unbranched alkanes of at least 4 members (excludes halogenated alkanes) is 19. The third-order valence-corrected chi connectivity index (χ3v) is 9.05. The fourth-order valence-electron chi connectivity index (χ4n) is 5.91. The third kappa shape index (κ3) is 40.9. The summed E-state index contributed by atoms with van der Waals surface area (Å²) in [5.74, 6) is 0. The summed E-state index contributed by atoms with van der Waals surface area (Å²) < 4.78 is 6.03. The van der Waals surface area contributed by atoms with E-state index in [1.54, 1.807) is 0 Å². The monoisotopic (exact) mass is 657 g/mol. The van der Waals surface area contributed by atoms with Crippen LogP contribution in [0.25, 0.3) is 0 Å². The molecule has 0 heterocycles. The first kappa shape index (κ1) is 45.8. The zero-order valence-corrected chi connectivity index (χ0v) is 32.5. The van der Waals surface area contributed by atoms with Crippen molar-refractivity contribution >= 4 is 0 Å². The van der Waals surface area contributed by atoms with Crippen molar-refractivity contribution in [1.82, 2.24) is 9.80 Å². The minimum absolute atomic E-state index is 0.895. The summed E-state index contributed by atoms with van der Waals surface area (Å²) in [7, 11) is 4.31. The van der Waals surface area contributed by atoms with Crippen molar-refractivity contribution in [3.63, 3.8) is 0 Å². The second-order valence-corrected chi connectivity index (χ2v) is 14.1. The molecule has 0 saturated heterocycles. The lowest BCUT2D eigenvalue weighted by Crippen LogP contribution is -2.30. The van der Waals surface area contributed by atoms with Gasteiger partial charge in [0.2, 0.25) is 0 Å². The van der Waals surface area contributed by atoms with E-state index in [0.29, 0.717) is 0 Å². The van der Waals surface area contributed by atoms with Gasteiger partial charge in [-0.15, -0.1) is 0 Å². The fraction of sp³-hybridized carbons (Fsp3) is 0.818. The average Bonchev–Trinajstić information content (AvgIpc) is 3.06. The summed E-state index contributed by atoms with van der Waals surface area (Å²) in [6.07, 6.45) is 53.1. The minimum atomic E-state index is 0.895. The highest BCUT2D eigenvalue weighted by Crippen LogP contribution is 2.12. The Hall–Kier alpha value is -1.16. The zero-order chi connectivity index (χ0) is 34.1. The molecular weight excluding hydrogens is 572 g/mol. The Labute approximate surface area is 296 Å². The summed E-state index contributed by atoms with van der Waals surface area (Å²) in [6.45, 7) is 11.1. The first-order valence-electron chi connectivity index (χ1n) is 20.8. The van der Waals surface area contributed by atoms with E-state index in [2.05, 4.69) is 86.4 Å². The van der Waals surface area contributed by atoms with Crippen LogP contribution in [0.2, 0.25) is 0 Å². The van der Waals surface area contributed by atoms with Crippen LogP contribution in [0.3, 0.4) is 0 Å². The van der Waals surface area contributed by atoms with Crippen molar-refractivity contribution in [2.24, 2.45) is 0 Å². The topological polar surface area (TPSA) is 15.7 Å². The standard InChI is InChI=1S/C44H84N2O/c1-5-7-9-11-13-15-17-19-21-23-25-27-29-31-33-35-40-46(42-44-47-43-38-37-39-45(3)4)41-36-34-32-30-28-26-24-22-20-18-16-14-12-10-8-6-2/h13-16,19-22H,5-12,17-18,23-44H2,1-4H3/b15-13-,16-14?,21-19-,22-20?. The Morgan fingerprint density at radius 1 is 0.362 bits per heavy atom. The molecule has 47 heavy (non-hydrogen) atoms. The number of hydrogen-bond acceptors (Lipinski definition) is 3. The molecule has 3 heteroatoms. The number of nitrogens with zero attached hydrogens (tertiary/aromatic N) is 2. The van der Waals surface area contributed by atoms with E-state index in [-0.39, 0.29) is 0 Å². The van der Waals surface area contributed by atoms with E-state index < -0.39 is 0 Å². The van der Waals surface area contributed by atoms with Crippen molar-refractivity contribution in [3.05, 3.63) is 48.6 Å². The van der Waals surface area contributed by atoms with Crippen molar-refractivity contribution in [2.45, 2.75) is 181 Å². The number of ether oxygens (including phenoxy) is 1. The van der Waals surface area contributed by atoms with Gasteiger partial charge >= 0.3 is 0 Å². The van der Waals surface area contributed by atoms with Gasteiger partial charge in [-0.1, -0.05) is 140 Å². The van der Waals surface area contributed by atoms with E-state index in [1.807, 2.05) is 0 Å². The Morgan fingerprint density at radius 3 is 1.17 bits per heavy atom. The SMILES string of the molecule is CCCCCC=CCC=CCCCCCCCCN(CCCCCCCC/C=C\C/C=C\CCCCC)CCOCCCCN(C)C. The molecule has 0 rings (SSSR count). The minimum Gasteiger partial charge on any atom is -0.380 e. The Morgan fingerprint density at radius 2 is 0.745 bits per heavy atom. The van der Waals surface area contributed by atoms with E-state index in [0.717, 1.165) is 39.1 Å². The molecule has 0 N–H and O–H groups in total. The maximum atomic E-state index is 6.03. The van der Waals surface area contributed by atoms with Crippen LogP contribution < -0.4 is 0 Å². The highest BCUT2D eigenvalue weighted by atomic mass is 16.5. The lowest BCUT2D eigenvalue weighted by Gasteiger charge is -2.22. The van der Waals surface area contributed by atoms with Gasteiger partial charge in [0.05, 0.1) is 6.61 Å². The van der Waals surface area contributed by atoms with Gasteiger partial charge in [0.25, 0.3) is 0 Å². The van der Waals surface area contributed by atoms with E-state index in [1.165, 1.54) is 167 Å². The molecule has 0 aromatic carbocycles. The molecule has 0 aromatic rings. The molecule has 0 radical (unpaired) electrons. The molecule has 0 aliphatic carbocycles. The molecule has 0 aliphatic heterocycles. The van der Waals surface area contributed by atoms with Crippen LogP contribution in [0.1, 0.15) is 181 Å². The van der Waals surface area contributed by atoms with Crippen LogP contribution in [0.4, 0.5) is 0 Å². The van der Waals surface area contributed by atoms with Crippen molar-refractivity contribution < 1.29 is 4.74 Å². The maximum Gasteiger partial charge on any atom is 0.0593 e. The van der Waals surface area contributed by atoms with Crippen LogP contribution in [0.15, 0.2) is 48.6 Å². The summed E-state index contributed by atoms with van der Waals surface area (Å²) >= 11 is 0. The molecule has 0 aliphatic rings. The Balaban J connectivity index is 3.97. The van der Waals surface area contributed by atoms with Gasteiger partial charge in [-0.2, -0.15) is 0 Å². The van der Waals surface area contributed by atoms with Gasteiger partial charge in [0.15, 0.2) is 0 Å². The first-order valence-corrected chi connectivity index (χ1v) is 20.8. The quantitative estimate of drug-likeness (QED) is 0.0486. The van der Waals surface area contributed by atoms with Gasteiger partial charge < -0.3 is 14.5 Å². The number of allylic oxidation sites excluding steroid dienone is 8. The molecule has 3 nitrogen and oxygen atoms in total. The molecule has 0 unspecified atom stereocenters. The summed E-state index contributed by atoms with van der Waals surface area (Å²) in [5.41, 5.74) is 0. The maximum absolute atomic E-state index is 6.03. The summed E-state index contributed by atoms with van der Waals surface area (Å²) in [4.78, 5) is 4.97. The first-order chi connectivity index (χ1) is 23.2.